The molecule has 152 valence electrons. The molecule has 1 aromatic carbocycles. The molecule has 1 saturated carbocycles. The molecule has 0 amide bonds. The van der Waals surface area contributed by atoms with Crippen molar-refractivity contribution in [1.29, 1.82) is 0 Å². The molecule has 7 nitrogen and oxygen atoms in total. The summed E-state index contributed by atoms with van der Waals surface area (Å²) < 4.78 is 31.2. The van der Waals surface area contributed by atoms with Crippen molar-refractivity contribution in [3.8, 4) is 0 Å². The Bertz CT molecular complexity index is 1050. The second-order valence-corrected chi connectivity index (χ2v) is 8.22. The van der Waals surface area contributed by atoms with Gasteiger partial charge in [-0.3, -0.25) is 9.36 Å². The smallest absolute Gasteiger partial charge is 0.350 e. The third-order valence-corrected chi connectivity index (χ3v) is 5.85. The number of anilines is 1. The Labute approximate surface area is 160 Å². The summed E-state index contributed by atoms with van der Waals surface area (Å²) in [5.74, 6) is 2.00. The maximum atomic E-state index is 14.5. The zero-order valence-electron chi connectivity index (χ0n) is 16.0. The number of nitrogens with two attached hydrogens (primary N) is 2. The van der Waals surface area contributed by atoms with Gasteiger partial charge in [0.15, 0.2) is 0 Å². The zero-order chi connectivity index (χ0) is 20.4. The summed E-state index contributed by atoms with van der Waals surface area (Å²) in [7, 11) is 0. The van der Waals surface area contributed by atoms with Crippen LogP contribution in [0.25, 0.3) is 10.9 Å². The first-order chi connectivity index (χ1) is 13.1. The van der Waals surface area contributed by atoms with Gasteiger partial charge in [0.1, 0.15) is 0 Å². The Kier molecular flexibility index (Phi) is 4.26. The first kappa shape index (κ1) is 18.9. The largest absolute Gasteiger partial charge is 0.365 e. The Balaban J connectivity index is 1.85. The molecular weight excluding hydrogens is 368 g/mol. The van der Waals surface area contributed by atoms with Crippen LogP contribution in [0, 0.1) is 12.8 Å². The van der Waals surface area contributed by atoms with E-state index in [9.17, 15) is 18.4 Å². The van der Waals surface area contributed by atoms with Gasteiger partial charge in [-0.15, -0.1) is 0 Å². The lowest BCUT2D eigenvalue weighted by Crippen LogP contribution is -2.44. The molecule has 0 bridgehead atoms. The highest BCUT2D eigenvalue weighted by atomic mass is 19.3. The van der Waals surface area contributed by atoms with E-state index >= 15 is 0 Å². The minimum absolute atomic E-state index is 0.00907. The molecule has 28 heavy (non-hydrogen) atoms. The Morgan fingerprint density at radius 3 is 2.57 bits per heavy atom. The van der Waals surface area contributed by atoms with Gasteiger partial charge >= 0.3 is 5.69 Å². The minimum Gasteiger partial charge on any atom is -0.365 e. The van der Waals surface area contributed by atoms with Crippen molar-refractivity contribution in [1.82, 2.24) is 9.24 Å². The first-order valence-electron chi connectivity index (χ1n) is 9.56. The molecule has 2 fully saturated rings. The average molecular weight is 393 g/mol. The normalized spacial score (nSPS) is 22.8. The van der Waals surface area contributed by atoms with Crippen LogP contribution in [0.15, 0.2) is 21.7 Å². The lowest BCUT2D eigenvalue weighted by Gasteiger charge is -2.23. The molecule has 1 aliphatic carbocycles. The molecule has 9 heteroatoms. The van der Waals surface area contributed by atoms with Crippen LogP contribution in [0.2, 0.25) is 0 Å². The third-order valence-electron chi connectivity index (χ3n) is 5.85. The molecule has 2 unspecified atom stereocenters. The van der Waals surface area contributed by atoms with Gasteiger partial charge in [-0.25, -0.2) is 13.6 Å². The Morgan fingerprint density at radius 1 is 1.29 bits per heavy atom. The fraction of sp³-hybridized carbons (Fsp3) is 0.579. The lowest BCUT2D eigenvalue weighted by molar-refractivity contribution is -0.0250. The maximum Gasteiger partial charge on any atom is 0.350 e. The van der Waals surface area contributed by atoms with Crippen molar-refractivity contribution >= 4 is 16.6 Å². The van der Waals surface area contributed by atoms with Crippen LogP contribution in [0.1, 0.15) is 37.8 Å². The van der Waals surface area contributed by atoms with Crippen LogP contribution in [0.4, 0.5) is 14.5 Å². The van der Waals surface area contributed by atoms with Crippen molar-refractivity contribution in [3.05, 3.63) is 38.5 Å². The van der Waals surface area contributed by atoms with Crippen LogP contribution < -0.4 is 27.7 Å². The number of aromatic nitrogens is 2. The van der Waals surface area contributed by atoms with Gasteiger partial charge in [0, 0.05) is 30.2 Å². The number of nitrogen functional groups attached to an aromatic ring is 1. The van der Waals surface area contributed by atoms with E-state index in [2.05, 4.69) is 0 Å². The molecule has 1 aromatic heterocycles. The van der Waals surface area contributed by atoms with Crippen LogP contribution >= 0.6 is 0 Å². The van der Waals surface area contributed by atoms with E-state index in [0.717, 1.165) is 12.8 Å². The molecule has 0 radical (unpaired) electrons. The highest BCUT2D eigenvalue weighted by Gasteiger charge is 2.48. The Morgan fingerprint density at radius 2 is 1.96 bits per heavy atom. The first-order valence-corrected chi connectivity index (χ1v) is 9.56. The number of rotatable bonds is 4. The summed E-state index contributed by atoms with van der Waals surface area (Å²) in [5, 5.41) is 0.327. The number of aryl methyl sites for hydroxylation is 1. The molecular formula is C19H25F2N5O2. The highest BCUT2D eigenvalue weighted by Crippen LogP contribution is 2.41. The number of benzene rings is 1. The van der Waals surface area contributed by atoms with Crippen molar-refractivity contribution in [2.75, 3.05) is 23.8 Å². The zero-order valence-corrected chi connectivity index (χ0v) is 16.0. The third kappa shape index (κ3) is 2.88. The van der Waals surface area contributed by atoms with Gasteiger partial charge in [0.2, 0.25) is 0 Å². The van der Waals surface area contributed by atoms with Gasteiger partial charge in [0.25, 0.3) is 11.5 Å². The van der Waals surface area contributed by atoms with Crippen molar-refractivity contribution in [2.24, 2.45) is 11.7 Å². The standard InChI is InChI=1S/C19H25F2N5O2/c1-10(22)7-12-8-24(9-19(12,20)21)15-6-5-14-16(11(15)2)25(13-3-4-13)18(28)26(23)17(14)27/h5-6,10,12-13H,3-4,7-9,22-23H2,1-2H3. The number of fused-ring (bicyclic) bond motifs is 1. The van der Waals surface area contributed by atoms with Gasteiger partial charge in [-0.1, -0.05) is 0 Å². The molecule has 4 N–H and O–H groups in total. The van der Waals surface area contributed by atoms with Crippen LogP contribution in [-0.4, -0.2) is 34.3 Å². The molecule has 4 rings (SSSR count). The van der Waals surface area contributed by atoms with E-state index in [1.807, 2.05) is 0 Å². The van der Waals surface area contributed by atoms with E-state index in [4.69, 9.17) is 11.6 Å². The second kappa shape index (κ2) is 6.30. The summed E-state index contributed by atoms with van der Waals surface area (Å²) in [5.41, 5.74) is 6.37. The van der Waals surface area contributed by atoms with E-state index in [1.165, 1.54) is 0 Å². The predicted octanol–water partition coefficient (Wildman–Crippen LogP) is 1.33. The summed E-state index contributed by atoms with van der Waals surface area (Å²) in [6.07, 6.45) is 1.89. The van der Waals surface area contributed by atoms with Crippen LogP contribution in [0.3, 0.4) is 0 Å². The van der Waals surface area contributed by atoms with Crippen molar-refractivity contribution in [3.63, 3.8) is 0 Å². The fourth-order valence-electron chi connectivity index (χ4n) is 4.34. The molecule has 1 aliphatic heterocycles. The number of hydrogen-bond acceptors (Lipinski definition) is 5. The highest BCUT2D eigenvalue weighted by molar-refractivity contribution is 5.87. The number of hydrogen-bond donors (Lipinski definition) is 2. The predicted molar refractivity (Wildman–Crippen MR) is 105 cm³/mol. The van der Waals surface area contributed by atoms with Crippen molar-refractivity contribution in [2.45, 2.75) is 51.1 Å². The topological polar surface area (TPSA) is 99.3 Å². The van der Waals surface area contributed by atoms with E-state index in [1.54, 1.807) is 35.4 Å². The molecule has 2 atom stereocenters. The summed E-state index contributed by atoms with van der Waals surface area (Å²) in [4.78, 5) is 26.7. The molecule has 2 heterocycles. The Hall–Kier alpha value is -2.42. The fourth-order valence-corrected chi connectivity index (χ4v) is 4.34. The van der Waals surface area contributed by atoms with Gasteiger partial charge < -0.3 is 16.5 Å². The molecule has 2 aromatic rings. The average Bonchev–Trinajstić information content (AvgIpc) is 3.39. The number of halogens is 2. The van der Waals surface area contributed by atoms with Gasteiger partial charge in [-0.2, -0.15) is 4.68 Å². The molecule has 0 spiro atoms. The molecule has 2 aliphatic rings. The monoisotopic (exact) mass is 393 g/mol. The van der Waals surface area contributed by atoms with E-state index in [-0.39, 0.29) is 25.0 Å². The van der Waals surface area contributed by atoms with Gasteiger partial charge in [-0.05, 0) is 50.8 Å². The quantitative estimate of drug-likeness (QED) is 0.764. The lowest BCUT2D eigenvalue weighted by atomic mass is 9.97. The summed E-state index contributed by atoms with van der Waals surface area (Å²) in [6, 6.07) is 2.94. The van der Waals surface area contributed by atoms with Crippen LogP contribution in [-0.2, 0) is 0 Å². The second-order valence-electron chi connectivity index (χ2n) is 8.22. The van der Waals surface area contributed by atoms with E-state index in [0.29, 0.717) is 26.8 Å². The minimum atomic E-state index is -2.84. The maximum absolute atomic E-state index is 14.5. The number of nitrogens with zero attached hydrogens (tertiary/aromatic N) is 3. The SMILES string of the molecule is Cc1c(N2CC(CC(C)N)C(F)(F)C2)ccc2c(=O)n(N)c(=O)n(C3CC3)c12. The summed E-state index contributed by atoms with van der Waals surface area (Å²) in [6.45, 7) is 3.28. The van der Waals surface area contributed by atoms with E-state index < -0.39 is 29.6 Å². The van der Waals surface area contributed by atoms with Crippen LogP contribution in [0.5, 0.6) is 0 Å². The van der Waals surface area contributed by atoms with Gasteiger partial charge in [0.05, 0.1) is 17.4 Å². The van der Waals surface area contributed by atoms with Crippen molar-refractivity contribution < 1.29 is 8.78 Å². The number of alkyl halides is 2. The molecule has 1 saturated heterocycles. The summed E-state index contributed by atoms with van der Waals surface area (Å²) >= 11 is 0.